The summed E-state index contributed by atoms with van der Waals surface area (Å²) < 4.78 is 2.25. The number of aryl methyl sites for hydroxylation is 2. The lowest BCUT2D eigenvalue weighted by Crippen LogP contribution is -2.16. The van der Waals surface area contributed by atoms with Crippen LogP contribution in [0.5, 0.6) is 0 Å². The van der Waals surface area contributed by atoms with Crippen molar-refractivity contribution in [3.63, 3.8) is 0 Å². The van der Waals surface area contributed by atoms with Crippen molar-refractivity contribution in [2.45, 2.75) is 33.5 Å². The van der Waals surface area contributed by atoms with E-state index in [4.69, 9.17) is 4.98 Å². The van der Waals surface area contributed by atoms with E-state index in [2.05, 4.69) is 45.2 Å². The van der Waals surface area contributed by atoms with Gasteiger partial charge < -0.3 is 9.88 Å². The van der Waals surface area contributed by atoms with Crippen LogP contribution >= 0.6 is 0 Å². The highest BCUT2D eigenvalue weighted by Gasteiger charge is 2.08. The van der Waals surface area contributed by atoms with E-state index in [0.717, 1.165) is 36.7 Å². The van der Waals surface area contributed by atoms with Crippen LogP contribution in [-0.2, 0) is 19.6 Å². The highest BCUT2D eigenvalue weighted by molar-refractivity contribution is 5.75. The largest absolute Gasteiger partial charge is 0.327 e. The van der Waals surface area contributed by atoms with Crippen molar-refractivity contribution < 1.29 is 0 Å². The Morgan fingerprint density at radius 2 is 2.10 bits per heavy atom. The number of H-pyrrole nitrogens is 1. The molecule has 0 aliphatic rings. The first-order chi connectivity index (χ1) is 9.79. The maximum atomic E-state index is 4.70. The van der Waals surface area contributed by atoms with Gasteiger partial charge in [-0.25, -0.2) is 4.98 Å². The number of aromatic nitrogens is 4. The summed E-state index contributed by atoms with van der Waals surface area (Å²) >= 11 is 0. The second kappa shape index (κ2) is 5.46. The van der Waals surface area contributed by atoms with Crippen molar-refractivity contribution in [2.75, 3.05) is 0 Å². The zero-order valence-electron chi connectivity index (χ0n) is 11.8. The SMILES string of the molecule is CCn1c(CNCc2cn[nH]c2C)nc2ccccc21. The molecule has 0 saturated heterocycles. The molecule has 3 rings (SSSR count). The van der Waals surface area contributed by atoms with Crippen molar-refractivity contribution in [3.05, 3.63) is 47.5 Å². The Bertz CT molecular complexity index is 710. The number of fused-ring (bicyclic) bond motifs is 1. The standard InChI is InChI=1S/C15H19N5/c1-3-20-14-7-5-4-6-13(14)18-15(20)10-16-8-12-9-17-19-11(12)2/h4-7,9,16H,3,8,10H2,1-2H3,(H,17,19). The third kappa shape index (κ3) is 2.32. The molecule has 0 aliphatic carbocycles. The maximum absolute atomic E-state index is 4.70. The molecule has 104 valence electrons. The Morgan fingerprint density at radius 1 is 1.25 bits per heavy atom. The van der Waals surface area contributed by atoms with E-state index in [9.17, 15) is 0 Å². The Kier molecular flexibility index (Phi) is 3.52. The predicted octanol–water partition coefficient (Wildman–Crippen LogP) is 2.38. The molecule has 0 bridgehead atoms. The molecule has 5 heteroatoms. The molecule has 2 heterocycles. The molecule has 2 aromatic heterocycles. The fourth-order valence-corrected chi connectivity index (χ4v) is 2.48. The molecule has 3 aromatic rings. The number of rotatable bonds is 5. The van der Waals surface area contributed by atoms with Crippen LogP contribution in [0.4, 0.5) is 0 Å². The summed E-state index contributed by atoms with van der Waals surface area (Å²) in [7, 11) is 0. The summed E-state index contributed by atoms with van der Waals surface area (Å²) in [6, 6.07) is 8.27. The van der Waals surface area contributed by atoms with Crippen molar-refractivity contribution >= 4 is 11.0 Å². The molecule has 0 spiro atoms. The third-order valence-electron chi connectivity index (χ3n) is 3.58. The molecule has 1 aromatic carbocycles. The Balaban J connectivity index is 1.75. The van der Waals surface area contributed by atoms with E-state index >= 15 is 0 Å². The molecular weight excluding hydrogens is 250 g/mol. The fraction of sp³-hybridized carbons (Fsp3) is 0.333. The topological polar surface area (TPSA) is 58.5 Å². The molecule has 0 saturated carbocycles. The molecule has 0 fully saturated rings. The van der Waals surface area contributed by atoms with Crippen molar-refractivity contribution in [1.29, 1.82) is 0 Å². The number of nitrogens with zero attached hydrogens (tertiary/aromatic N) is 3. The summed E-state index contributed by atoms with van der Waals surface area (Å²) in [5.41, 5.74) is 4.57. The molecule has 0 atom stereocenters. The van der Waals surface area contributed by atoms with Gasteiger partial charge in [-0.2, -0.15) is 5.10 Å². The van der Waals surface area contributed by atoms with Crippen LogP contribution < -0.4 is 5.32 Å². The number of benzene rings is 1. The molecular formula is C15H19N5. The van der Waals surface area contributed by atoms with Gasteiger partial charge in [-0.1, -0.05) is 12.1 Å². The minimum Gasteiger partial charge on any atom is -0.327 e. The van der Waals surface area contributed by atoms with E-state index in [0.29, 0.717) is 0 Å². The van der Waals surface area contributed by atoms with E-state index < -0.39 is 0 Å². The average Bonchev–Trinajstić information content (AvgIpc) is 3.02. The molecule has 0 aliphatic heterocycles. The van der Waals surface area contributed by atoms with Crippen molar-refractivity contribution in [3.8, 4) is 0 Å². The highest BCUT2D eigenvalue weighted by Crippen LogP contribution is 2.15. The van der Waals surface area contributed by atoms with Gasteiger partial charge in [-0.05, 0) is 26.0 Å². The first-order valence-corrected chi connectivity index (χ1v) is 6.93. The number of nitrogens with one attached hydrogen (secondary N) is 2. The van der Waals surface area contributed by atoms with Gasteiger partial charge in [0.2, 0.25) is 0 Å². The maximum Gasteiger partial charge on any atom is 0.123 e. The van der Waals surface area contributed by atoms with Gasteiger partial charge >= 0.3 is 0 Å². The normalized spacial score (nSPS) is 11.3. The fourth-order valence-electron chi connectivity index (χ4n) is 2.48. The quantitative estimate of drug-likeness (QED) is 0.747. The Morgan fingerprint density at radius 3 is 2.85 bits per heavy atom. The van der Waals surface area contributed by atoms with Gasteiger partial charge in [-0.3, -0.25) is 5.10 Å². The van der Waals surface area contributed by atoms with E-state index in [1.165, 1.54) is 11.1 Å². The Labute approximate surface area is 118 Å². The van der Waals surface area contributed by atoms with Crippen molar-refractivity contribution in [2.24, 2.45) is 0 Å². The Hall–Kier alpha value is -2.14. The van der Waals surface area contributed by atoms with Gasteiger partial charge in [-0.15, -0.1) is 0 Å². The summed E-state index contributed by atoms with van der Waals surface area (Å²) in [6.45, 7) is 6.67. The van der Waals surface area contributed by atoms with E-state index in [1.807, 2.05) is 19.2 Å². The minimum absolute atomic E-state index is 0.757. The zero-order chi connectivity index (χ0) is 13.9. The molecule has 0 amide bonds. The van der Waals surface area contributed by atoms with Gasteiger partial charge in [0, 0.05) is 24.3 Å². The van der Waals surface area contributed by atoms with Gasteiger partial charge in [0.05, 0.1) is 23.8 Å². The highest BCUT2D eigenvalue weighted by atomic mass is 15.1. The minimum atomic E-state index is 0.757. The van der Waals surface area contributed by atoms with Crippen LogP contribution in [0, 0.1) is 6.92 Å². The van der Waals surface area contributed by atoms with Gasteiger partial charge in [0.15, 0.2) is 0 Å². The first kappa shape index (κ1) is 12.9. The number of imidazole rings is 1. The van der Waals surface area contributed by atoms with Crippen LogP contribution in [0.3, 0.4) is 0 Å². The predicted molar refractivity (Wildman–Crippen MR) is 79.3 cm³/mol. The monoisotopic (exact) mass is 269 g/mol. The van der Waals surface area contributed by atoms with Crippen LogP contribution in [0.25, 0.3) is 11.0 Å². The van der Waals surface area contributed by atoms with E-state index in [-0.39, 0.29) is 0 Å². The number of hydrogen-bond donors (Lipinski definition) is 2. The van der Waals surface area contributed by atoms with E-state index in [1.54, 1.807) is 0 Å². The second-order valence-corrected chi connectivity index (χ2v) is 4.88. The molecule has 20 heavy (non-hydrogen) atoms. The molecule has 0 unspecified atom stereocenters. The zero-order valence-corrected chi connectivity index (χ0v) is 11.8. The summed E-state index contributed by atoms with van der Waals surface area (Å²) in [6.07, 6.45) is 1.87. The summed E-state index contributed by atoms with van der Waals surface area (Å²) in [5, 5.41) is 10.4. The molecule has 2 N–H and O–H groups in total. The number of aromatic amines is 1. The first-order valence-electron chi connectivity index (χ1n) is 6.93. The average molecular weight is 269 g/mol. The van der Waals surface area contributed by atoms with Gasteiger partial charge in [0.1, 0.15) is 5.82 Å². The molecule has 5 nitrogen and oxygen atoms in total. The number of hydrogen-bond acceptors (Lipinski definition) is 3. The lowest BCUT2D eigenvalue weighted by atomic mass is 10.2. The summed E-state index contributed by atoms with van der Waals surface area (Å²) in [5.74, 6) is 1.08. The van der Waals surface area contributed by atoms with Crippen LogP contribution in [0.1, 0.15) is 24.0 Å². The lowest BCUT2D eigenvalue weighted by molar-refractivity contribution is 0.620. The van der Waals surface area contributed by atoms with Crippen LogP contribution in [0.15, 0.2) is 30.5 Å². The molecule has 0 radical (unpaired) electrons. The van der Waals surface area contributed by atoms with Crippen molar-refractivity contribution in [1.82, 2.24) is 25.1 Å². The smallest absolute Gasteiger partial charge is 0.123 e. The van der Waals surface area contributed by atoms with Gasteiger partial charge in [0.25, 0.3) is 0 Å². The number of para-hydroxylation sites is 2. The second-order valence-electron chi connectivity index (χ2n) is 4.88. The summed E-state index contributed by atoms with van der Waals surface area (Å²) in [4.78, 5) is 4.70. The third-order valence-corrected chi connectivity index (χ3v) is 3.58. The lowest BCUT2D eigenvalue weighted by Gasteiger charge is -2.07. The van der Waals surface area contributed by atoms with Crippen LogP contribution in [0.2, 0.25) is 0 Å². The van der Waals surface area contributed by atoms with Crippen LogP contribution in [-0.4, -0.2) is 19.7 Å².